The molecule has 0 aromatic carbocycles. The molecule has 4 nitrogen and oxygen atoms in total. The Hall–Kier alpha value is -1.10. The number of allylic oxidation sites excluding steroid dienone is 1. The summed E-state index contributed by atoms with van der Waals surface area (Å²) in [4.78, 5) is 9.13. The average molecular weight is 324 g/mol. The third-order valence-corrected chi connectivity index (χ3v) is 4.18. The van der Waals surface area contributed by atoms with Gasteiger partial charge in [0, 0.05) is 31.9 Å². The SMILES string of the molecule is C=CCCC(CN1CCCN(C)CC1)Oc1ccc(Cl)cn1. The minimum Gasteiger partial charge on any atom is -0.473 e. The zero-order chi connectivity index (χ0) is 15.8. The molecule has 122 valence electrons. The molecule has 1 unspecified atom stereocenters. The van der Waals surface area contributed by atoms with E-state index in [0.717, 1.165) is 39.0 Å². The molecule has 1 fully saturated rings. The lowest BCUT2D eigenvalue weighted by molar-refractivity contribution is 0.123. The molecule has 0 N–H and O–H groups in total. The summed E-state index contributed by atoms with van der Waals surface area (Å²) in [6, 6.07) is 3.65. The zero-order valence-electron chi connectivity index (χ0n) is 13.4. The largest absolute Gasteiger partial charge is 0.473 e. The van der Waals surface area contributed by atoms with Gasteiger partial charge in [0.1, 0.15) is 6.10 Å². The van der Waals surface area contributed by atoms with Crippen molar-refractivity contribution in [2.24, 2.45) is 0 Å². The van der Waals surface area contributed by atoms with E-state index in [1.54, 1.807) is 6.20 Å². The molecule has 1 aromatic heterocycles. The highest BCUT2D eigenvalue weighted by Gasteiger charge is 2.18. The van der Waals surface area contributed by atoms with Crippen LogP contribution in [-0.4, -0.2) is 60.7 Å². The third kappa shape index (κ3) is 5.95. The lowest BCUT2D eigenvalue weighted by atomic mass is 10.1. The van der Waals surface area contributed by atoms with E-state index in [1.807, 2.05) is 18.2 Å². The molecular formula is C17H26ClN3O. The summed E-state index contributed by atoms with van der Waals surface area (Å²) in [5.41, 5.74) is 0. The zero-order valence-corrected chi connectivity index (χ0v) is 14.1. The smallest absolute Gasteiger partial charge is 0.213 e. The van der Waals surface area contributed by atoms with E-state index in [9.17, 15) is 0 Å². The molecule has 1 atom stereocenters. The van der Waals surface area contributed by atoms with Crippen molar-refractivity contribution in [3.05, 3.63) is 36.0 Å². The molecule has 0 radical (unpaired) electrons. The third-order valence-electron chi connectivity index (χ3n) is 3.95. The summed E-state index contributed by atoms with van der Waals surface area (Å²) < 4.78 is 6.07. The standard InChI is InChI=1S/C17H26ClN3O/c1-3-4-6-16(22-17-8-7-15(18)13-19-17)14-21-10-5-9-20(2)11-12-21/h3,7-8,13,16H,1,4-6,9-12,14H2,2H3. The predicted octanol–water partition coefficient (Wildman–Crippen LogP) is 3.09. The maximum Gasteiger partial charge on any atom is 0.213 e. The van der Waals surface area contributed by atoms with Gasteiger partial charge in [-0.1, -0.05) is 17.7 Å². The molecular weight excluding hydrogens is 298 g/mol. The maximum atomic E-state index is 6.07. The molecule has 0 aliphatic carbocycles. The molecule has 0 spiro atoms. The first-order valence-corrected chi connectivity index (χ1v) is 8.35. The van der Waals surface area contributed by atoms with E-state index in [1.165, 1.54) is 13.0 Å². The molecule has 5 heteroatoms. The Labute approximate surface area is 138 Å². The number of hydrogen-bond donors (Lipinski definition) is 0. The molecule has 0 amide bonds. The molecule has 2 rings (SSSR count). The molecule has 22 heavy (non-hydrogen) atoms. The van der Waals surface area contributed by atoms with E-state index >= 15 is 0 Å². The van der Waals surface area contributed by atoms with Crippen LogP contribution in [0.2, 0.25) is 5.02 Å². The van der Waals surface area contributed by atoms with Crippen LogP contribution in [0.3, 0.4) is 0 Å². The van der Waals surface area contributed by atoms with Crippen molar-refractivity contribution in [1.29, 1.82) is 0 Å². The monoisotopic (exact) mass is 323 g/mol. The second-order valence-electron chi connectivity index (χ2n) is 5.88. The summed E-state index contributed by atoms with van der Waals surface area (Å²) in [5.74, 6) is 0.644. The van der Waals surface area contributed by atoms with Gasteiger partial charge in [-0.2, -0.15) is 0 Å². The molecule has 0 bridgehead atoms. The molecule has 1 saturated heterocycles. The highest BCUT2D eigenvalue weighted by atomic mass is 35.5. The fraction of sp³-hybridized carbons (Fsp3) is 0.588. The molecule has 1 aromatic rings. The van der Waals surface area contributed by atoms with E-state index in [0.29, 0.717) is 10.9 Å². The van der Waals surface area contributed by atoms with E-state index in [-0.39, 0.29) is 6.10 Å². The van der Waals surface area contributed by atoms with Crippen molar-refractivity contribution in [2.45, 2.75) is 25.4 Å². The van der Waals surface area contributed by atoms with Gasteiger partial charge in [-0.05, 0) is 45.5 Å². The van der Waals surface area contributed by atoms with Gasteiger partial charge in [0.2, 0.25) is 5.88 Å². The lowest BCUT2D eigenvalue weighted by Crippen LogP contribution is -2.38. The van der Waals surface area contributed by atoms with Crippen LogP contribution in [0.4, 0.5) is 0 Å². The number of ether oxygens (including phenoxy) is 1. The maximum absolute atomic E-state index is 6.07. The summed E-state index contributed by atoms with van der Waals surface area (Å²) in [6.07, 6.45) is 6.83. The van der Waals surface area contributed by atoms with Crippen LogP contribution in [0.15, 0.2) is 31.0 Å². The second kappa shape index (κ2) is 9.13. The van der Waals surface area contributed by atoms with Crippen molar-refractivity contribution >= 4 is 11.6 Å². The minimum atomic E-state index is 0.134. The summed E-state index contributed by atoms with van der Waals surface area (Å²) >= 11 is 5.88. The van der Waals surface area contributed by atoms with Gasteiger partial charge >= 0.3 is 0 Å². The van der Waals surface area contributed by atoms with Gasteiger partial charge in [0.15, 0.2) is 0 Å². The lowest BCUT2D eigenvalue weighted by Gasteiger charge is -2.26. The quantitative estimate of drug-likeness (QED) is 0.721. The van der Waals surface area contributed by atoms with Gasteiger partial charge in [-0.3, -0.25) is 4.90 Å². The highest BCUT2D eigenvalue weighted by molar-refractivity contribution is 6.30. The summed E-state index contributed by atoms with van der Waals surface area (Å²) in [7, 11) is 2.19. The Kier molecular flexibility index (Phi) is 7.16. The van der Waals surface area contributed by atoms with Gasteiger partial charge in [0.05, 0.1) is 5.02 Å². The normalized spacial score (nSPS) is 18.6. The molecule has 1 aliphatic rings. The van der Waals surface area contributed by atoms with E-state index in [2.05, 4.69) is 28.4 Å². The minimum absolute atomic E-state index is 0.134. The first-order valence-electron chi connectivity index (χ1n) is 7.97. The summed E-state index contributed by atoms with van der Waals surface area (Å²) in [6.45, 7) is 9.27. The first kappa shape index (κ1) is 17.3. The van der Waals surface area contributed by atoms with Crippen molar-refractivity contribution in [2.75, 3.05) is 39.8 Å². The van der Waals surface area contributed by atoms with Crippen LogP contribution in [0.25, 0.3) is 0 Å². The fourth-order valence-corrected chi connectivity index (χ4v) is 2.78. The fourth-order valence-electron chi connectivity index (χ4n) is 2.66. The number of hydrogen-bond acceptors (Lipinski definition) is 4. The van der Waals surface area contributed by atoms with Gasteiger partial charge in [-0.15, -0.1) is 6.58 Å². The Morgan fingerprint density at radius 1 is 1.36 bits per heavy atom. The molecule has 2 heterocycles. The number of likely N-dealkylation sites (N-methyl/N-ethyl adjacent to an activating group) is 1. The average Bonchev–Trinajstić information content (AvgIpc) is 2.72. The van der Waals surface area contributed by atoms with Crippen LogP contribution in [0, 0.1) is 0 Å². The molecule has 1 aliphatic heterocycles. The Morgan fingerprint density at radius 3 is 2.95 bits per heavy atom. The molecule has 0 saturated carbocycles. The van der Waals surface area contributed by atoms with E-state index in [4.69, 9.17) is 16.3 Å². The Morgan fingerprint density at radius 2 is 2.23 bits per heavy atom. The Bertz CT molecular complexity index is 452. The number of rotatable bonds is 7. The topological polar surface area (TPSA) is 28.6 Å². The van der Waals surface area contributed by atoms with Crippen molar-refractivity contribution in [3.8, 4) is 5.88 Å². The predicted molar refractivity (Wildman–Crippen MR) is 91.6 cm³/mol. The van der Waals surface area contributed by atoms with Gasteiger partial charge in [0.25, 0.3) is 0 Å². The van der Waals surface area contributed by atoms with Crippen LogP contribution in [0.5, 0.6) is 5.88 Å². The first-order chi connectivity index (χ1) is 10.7. The van der Waals surface area contributed by atoms with Crippen LogP contribution in [-0.2, 0) is 0 Å². The number of pyridine rings is 1. The highest BCUT2D eigenvalue weighted by Crippen LogP contribution is 2.16. The summed E-state index contributed by atoms with van der Waals surface area (Å²) in [5, 5.41) is 0.630. The number of nitrogens with zero attached hydrogens (tertiary/aromatic N) is 3. The Balaban J connectivity index is 1.92. The van der Waals surface area contributed by atoms with Crippen molar-refractivity contribution in [1.82, 2.24) is 14.8 Å². The number of halogens is 1. The van der Waals surface area contributed by atoms with Crippen molar-refractivity contribution in [3.63, 3.8) is 0 Å². The van der Waals surface area contributed by atoms with Gasteiger partial charge in [-0.25, -0.2) is 4.98 Å². The van der Waals surface area contributed by atoms with Crippen LogP contribution < -0.4 is 4.74 Å². The van der Waals surface area contributed by atoms with Gasteiger partial charge < -0.3 is 9.64 Å². The van der Waals surface area contributed by atoms with E-state index < -0.39 is 0 Å². The second-order valence-corrected chi connectivity index (χ2v) is 6.31. The van der Waals surface area contributed by atoms with Crippen LogP contribution in [0.1, 0.15) is 19.3 Å². The van der Waals surface area contributed by atoms with Crippen LogP contribution >= 0.6 is 11.6 Å². The van der Waals surface area contributed by atoms with Crippen molar-refractivity contribution < 1.29 is 4.74 Å². The number of aromatic nitrogens is 1.